The minimum Gasteiger partial charge on any atom is -0.493 e. The van der Waals surface area contributed by atoms with Gasteiger partial charge in [0.25, 0.3) is 11.8 Å². The molecule has 7 heteroatoms. The van der Waals surface area contributed by atoms with Gasteiger partial charge in [0.1, 0.15) is 0 Å². The summed E-state index contributed by atoms with van der Waals surface area (Å²) in [5, 5.41) is 7.56. The van der Waals surface area contributed by atoms with Crippen molar-refractivity contribution in [1.82, 2.24) is 5.32 Å². The smallest absolute Gasteiger partial charge is 0.265 e. The topological polar surface area (TPSA) is 76.7 Å². The average Bonchev–Trinajstić information content (AvgIpc) is 3.29. The molecule has 0 saturated carbocycles. The Bertz CT molecular complexity index is 969. The average molecular weight is 410 g/mol. The molecule has 6 nitrogen and oxygen atoms in total. The molecule has 0 atom stereocenters. The van der Waals surface area contributed by atoms with Gasteiger partial charge in [-0.1, -0.05) is 12.1 Å². The first-order valence-electron chi connectivity index (χ1n) is 9.04. The molecule has 0 unspecified atom stereocenters. The van der Waals surface area contributed by atoms with Crippen LogP contribution < -0.4 is 20.1 Å². The van der Waals surface area contributed by atoms with Gasteiger partial charge in [-0.3, -0.25) is 9.59 Å². The molecule has 0 fully saturated rings. The number of carbonyl (C=O) groups excluding carboxylic acids is 2. The second-order valence-corrected chi connectivity index (χ2v) is 7.15. The molecule has 3 rings (SSSR count). The summed E-state index contributed by atoms with van der Waals surface area (Å²) in [4.78, 5) is 25.0. The highest BCUT2D eigenvalue weighted by Crippen LogP contribution is 2.27. The third-order valence-corrected chi connectivity index (χ3v) is 5.17. The van der Waals surface area contributed by atoms with Crippen molar-refractivity contribution in [2.24, 2.45) is 0 Å². The summed E-state index contributed by atoms with van der Waals surface area (Å²) in [5.41, 5.74) is 2.21. The monoisotopic (exact) mass is 410 g/mol. The third-order valence-electron chi connectivity index (χ3n) is 4.30. The molecular formula is C22H22N2O4S. The Morgan fingerprint density at radius 3 is 2.34 bits per heavy atom. The van der Waals surface area contributed by atoms with E-state index in [0.717, 1.165) is 5.56 Å². The Morgan fingerprint density at radius 2 is 1.69 bits per heavy atom. The van der Waals surface area contributed by atoms with Crippen molar-refractivity contribution in [3.05, 3.63) is 76.0 Å². The van der Waals surface area contributed by atoms with Gasteiger partial charge in [0.2, 0.25) is 0 Å². The van der Waals surface area contributed by atoms with E-state index in [1.807, 2.05) is 29.6 Å². The predicted molar refractivity (Wildman–Crippen MR) is 114 cm³/mol. The van der Waals surface area contributed by atoms with Crippen LogP contribution in [0.25, 0.3) is 0 Å². The summed E-state index contributed by atoms with van der Waals surface area (Å²) in [6.07, 6.45) is 0.668. The molecule has 0 aliphatic rings. The molecule has 0 aliphatic heterocycles. The van der Waals surface area contributed by atoms with E-state index in [4.69, 9.17) is 9.47 Å². The lowest BCUT2D eigenvalue weighted by Crippen LogP contribution is -2.25. The van der Waals surface area contributed by atoms with Gasteiger partial charge in [-0.25, -0.2) is 0 Å². The second-order valence-electron chi connectivity index (χ2n) is 6.20. The third kappa shape index (κ3) is 5.36. The fourth-order valence-corrected chi connectivity index (χ4v) is 3.38. The molecule has 1 heterocycles. The van der Waals surface area contributed by atoms with E-state index in [1.54, 1.807) is 44.6 Å². The van der Waals surface area contributed by atoms with Crippen LogP contribution in [-0.2, 0) is 6.42 Å². The minimum absolute atomic E-state index is 0.160. The van der Waals surface area contributed by atoms with E-state index in [1.165, 1.54) is 11.3 Å². The van der Waals surface area contributed by atoms with Gasteiger partial charge in [-0.15, -0.1) is 11.3 Å². The van der Waals surface area contributed by atoms with Crippen molar-refractivity contribution in [2.45, 2.75) is 6.42 Å². The normalized spacial score (nSPS) is 10.3. The Morgan fingerprint density at radius 1 is 0.931 bits per heavy atom. The van der Waals surface area contributed by atoms with E-state index in [9.17, 15) is 9.59 Å². The van der Waals surface area contributed by atoms with Gasteiger partial charge in [0, 0.05) is 17.8 Å². The number of benzene rings is 2. The fourth-order valence-electron chi connectivity index (χ4n) is 2.76. The number of amides is 2. The van der Waals surface area contributed by atoms with Crippen LogP contribution in [0.2, 0.25) is 0 Å². The molecule has 150 valence electrons. The predicted octanol–water partition coefficient (Wildman–Crippen LogP) is 3.99. The van der Waals surface area contributed by atoms with Crippen molar-refractivity contribution in [3.63, 3.8) is 0 Å². The first-order valence-corrected chi connectivity index (χ1v) is 9.92. The van der Waals surface area contributed by atoms with Crippen molar-refractivity contribution in [3.8, 4) is 11.5 Å². The minimum atomic E-state index is -0.165. The fraction of sp³-hybridized carbons (Fsp3) is 0.182. The number of hydrogen-bond acceptors (Lipinski definition) is 5. The van der Waals surface area contributed by atoms with E-state index in [2.05, 4.69) is 10.6 Å². The molecule has 0 spiro atoms. The van der Waals surface area contributed by atoms with Gasteiger partial charge in [0.05, 0.1) is 19.1 Å². The maximum Gasteiger partial charge on any atom is 0.265 e. The largest absolute Gasteiger partial charge is 0.493 e. The highest BCUT2D eigenvalue weighted by molar-refractivity contribution is 7.12. The van der Waals surface area contributed by atoms with E-state index >= 15 is 0 Å². The lowest BCUT2D eigenvalue weighted by molar-refractivity contribution is 0.0953. The molecule has 0 saturated heterocycles. The van der Waals surface area contributed by atoms with Crippen LogP contribution in [0.5, 0.6) is 11.5 Å². The summed E-state index contributed by atoms with van der Waals surface area (Å²) in [6.45, 7) is 0.491. The number of thiophene rings is 1. The second kappa shape index (κ2) is 9.75. The lowest BCUT2D eigenvalue weighted by Gasteiger charge is -2.10. The van der Waals surface area contributed by atoms with Gasteiger partial charge in [-0.05, 0) is 59.8 Å². The van der Waals surface area contributed by atoms with Gasteiger partial charge in [0.15, 0.2) is 11.5 Å². The first kappa shape index (κ1) is 20.4. The molecule has 3 aromatic rings. The maximum absolute atomic E-state index is 12.3. The highest BCUT2D eigenvalue weighted by Gasteiger charge is 2.09. The van der Waals surface area contributed by atoms with Crippen LogP contribution in [0.15, 0.2) is 60.0 Å². The van der Waals surface area contributed by atoms with Crippen LogP contribution in [0, 0.1) is 0 Å². The zero-order chi connectivity index (χ0) is 20.6. The Hall–Kier alpha value is -3.32. The number of anilines is 1. The summed E-state index contributed by atoms with van der Waals surface area (Å²) >= 11 is 1.38. The summed E-state index contributed by atoms with van der Waals surface area (Å²) in [5.74, 6) is 1.01. The van der Waals surface area contributed by atoms with Gasteiger partial charge >= 0.3 is 0 Å². The Labute approximate surface area is 173 Å². The van der Waals surface area contributed by atoms with Crippen LogP contribution in [0.4, 0.5) is 5.69 Å². The molecule has 0 bridgehead atoms. The van der Waals surface area contributed by atoms with Crippen molar-refractivity contribution in [2.75, 3.05) is 26.1 Å². The van der Waals surface area contributed by atoms with Crippen LogP contribution in [-0.4, -0.2) is 32.6 Å². The summed E-state index contributed by atoms with van der Waals surface area (Å²) < 4.78 is 10.5. The van der Waals surface area contributed by atoms with Crippen molar-refractivity contribution >= 4 is 28.8 Å². The summed E-state index contributed by atoms with van der Waals surface area (Å²) in [6, 6.07) is 16.1. The van der Waals surface area contributed by atoms with Crippen molar-refractivity contribution in [1.29, 1.82) is 0 Å². The Balaban J connectivity index is 1.51. The van der Waals surface area contributed by atoms with Crippen molar-refractivity contribution < 1.29 is 19.1 Å². The molecule has 2 aromatic carbocycles. The van der Waals surface area contributed by atoms with Crippen LogP contribution in [0.3, 0.4) is 0 Å². The zero-order valence-electron chi connectivity index (χ0n) is 16.2. The Kier molecular flexibility index (Phi) is 6.86. The highest BCUT2D eigenvalue weighted by atomic mass is 32.1. The van der Waals surface area contributed by atoms with Gasteiger partial charge in [-0.2, -0.15) is 0 Å². The molecule has 2 N–H and O–H groups in total. The van der Waals surface area contributed by atoms with E-state index in [0.29, 0.717) is 40.6 Å². The molecule has 2 amide bonds. The quantitative estimate of drug-likeness (QED) is 0.589. The number of rotatable bonds is 8. The summed E-state index contributed by atoms with van der Waals surface area (Å²) in [7, 11) is 3.19. The van der Waals surface area contributed by atoms with E-state index < -0.39 is 0 Å². The molecule has 29 heavy (non-hydrogen) atoms. The number of ether oxygens (including phenoxy) is 2. The molecule has 0 aliphatic carbocycles. The number of methoxy groups -OCH3 is 2. The maximum atomic E-state index is 12.3. The van der Waals surface area contributed by atoms with Gasteiger partial charge < -0.3 is 20.1 Å². The molecule has 0 radical (unpaired) electrons. The van der Waals surface area contributed by atoms with Crippen LogP contribution in [0.1, 0.15) is 25.6 Å². The molecule has 1 aromatic heterocycles. The first-order chi connectivity index (χ1) is 14.1. The van der Waals surface area contributed by atoms with Crippen LogP contribution >= 0.6 is 11.3 Å². The zero-order valence-corrected chi connectivity index (χ0v) is 17.0. The lowest BCUT2D eigenvalue weighted by atomic mass is 10.1. The number of nitrogens with one attached hydrogen (secondary N) is 2. The number of carbonyl (C=O) groups is 2. The standard InChI is InChI=1S/C22H22N2O4S/c1-27-18-10-5-15(14-19(18)28-2)11-12-23-21(25)16-6-8-17(9-7-16)24-22(26)20-4-3-13-29-20/h3-10,13-14H,11-12H2,1-2H3,(H,23,25)(H,24,26). The van der Waals surface area contributed by atoms with E-state index in [-0.39, 0.29) is 11.8 Å². The number of hydrogen-bond donors (Lipinski definition) is 2. The molecular weight excluding hydrogens is 388 g/mol. The SMILES string of the molecule is COc1ccc(CCNC(=O)c2ccc(NC(=O)c3cccs3)cc2)cc1OC.